The van der Waals surface area contributed by atoms with E-state index in [0.717, 1.165) is 25.9 Å². The maximum absolute atomic E-state index is 9.22. The molecule has 1 heterocycles. The first kappa shape index (κ1) is 10.8. The minimum absolute atomic E-state index is 0.191. The minimum atomic E-state index is 0.191. The molecule has 1 aliphatic rings. The molecule has 0 unspecified atom stereocenters. The number of hydrogen-bond acceptors (Lipinski definition) is 2. The number of rotatable bonds is 5. The molecule has 1 saturated carbocycles. The Morgan fingerprint density at radius 2 is 2.18 bits per heavy atom. The van der Waals surface area contributed by atoms with Gasteiger partial charge in [-0.25, -0.2) is 0 Å². The molecule has 3 N–H and O–H groups in total. The molecular weight excluding hydrogens is 212 g/mol. The summed E-state index contributed by atoms with van der Waals surface area (Å²) in [5.74, 6) is 0. The molecule has 1 aliphatic carbocycles. The highest BCUT2D eigenvalue weighted by Gasteiger charge is 2.41. The molecule has 3 heteroatoms. The zero-order valence-electron chi connectivity index (χ0n) is 9.87. The maximum atomic E-state index is 9.22. The van der Waals surface area contributed by atoms with Gasteiger partial charge in [-0.15, -0.1) is 0 Å². The molecule has 17 heavy (non-hydrogen) atoms. The second-order valence-electron chi connectivity index (χ2n) is 5.16. The van der Waals surface area contributed by atoms with Gasteiger partial charge in [-0.1, -0.05) is 12.1 Å². The van der Waals surface area contributed by atoms with E-state index in [0.29, 0.717) is 6.61 Å². The molecule has 0 spiro atoms. The SMILES string of the molecule is OCC1(CNCc2ccc3cc[nH]c3c2)CC1. The van der Waals surface area contributed by atoms with Crippen molar-refractivity contribution < 1.29 is 5.11 Å². The second kappa shape index (κ2) is 4.17. The van der Waals surface area contributed by atoms with E-state index in [4.69, 9.17) is 0 Å². The molecule has 0 aliphatic heterocycles. The van der Waals surface area contributed by atoms with Crippen LogP contribution in [0.5, 0.6) is 0 Å². The fourth-order valence-corrected chi connectivity index (χ4v) is 2.24. The standard InChI is InChI=1S/C14H18N2O/c17-10-14(4-5-14)9-15-8-11-1-2-12-3-6-16-13(12)7-11/h1-3,6-7,15-17H,4-5,8-10H2. The summed E-state index contributed by atoms with van der Waals surface area (Å²) < 4.78 is 0. The van der Waals surface area contributed by atoms with Crippen LogP contribution in [-0.4, -0.2) is 23.2 Å². The normalized spacial score (nSPS) is 17.5. The number of benzene rings is 1. The lowest BCUT2D eigenvalue weighted by Crippen LogP contribution is -2.26. The van der Waals surface area contributed by atoms with Crippen molar-refractivity contribution in [1.29, 1.82) is 0 Å². The lowest BCUT2D eigenvalue weighted by Gasteiger charge is -2.12. The summed E-state index contributed by atoms with van der Waals surface area (Å²) in [5.41, 5.74) is 2.66. The van der Waals surface area contributed by atoms with Gasteiger partial charge in [-0.3, -0.25) is 0 Å². The van der Waals surface area contributed by atoms with Gasteiger partial charge >= 0.3 is 0 Å². The van der Waals surface area contributed by atoms with Gasteiger partial charge in [0.05, 0.1) is 0 Å². The molecular formula is C14H18N2O. The van der Waals surface area contributed by atoms with E-state index in [1.807, 2.05) is 6.20 Å². The molecule has 1 aromatic carbocycles. The highest BCUT2D eigenvalue weighted by atomic mass is 16.3. The molecule has 0 atom stereocenters. The highest BCUT2D eigenvalue weighted by molar-refractivity contribution is 5.79. The van der Waals surface area contributed by atoms with Crippen LogP contribution in [0, 0.1) is 5.41 Å². The summed E-state index contributed by atoms with van der Waals surface area (Å²) >= 11 is 0. The lowest BCUT2D eigenvalue weighted by molar-refractivity contribution is 0.207. The molecule has 0 saturated heterocycles. The lowest BCUT2D eigenvalue weighted by atomic mass is 10.1. The molecule has 2 aromatic rings. The largest absolute Gasteiger partial charge is 0.396 e. The van der Waals surface area contributed by atoms with Crippen molar-refractivity contribution in [3.8, 4) is 0 Å². The zero-order valence-corrected chi connectivity index (χ0v) is 9.87. The number of nitrogens with one attached hydrogen (secondary N) is 2. The van der Waals surface area contributed by atoms with Crippen molar-refractivity contribution in [2.75, 3.05) is 13.2 Å². The van der Waals surface area contributed by atoms with Crippen molar-refractivity contribution in [3.05, 3.63) is 36.0 Å². The van der Waals surface area contributed by atoms with Crippen LogP contribution in [0.15, 0.2) is 30.5 Å². The number of fused-ring (bicyclic) bond motifs is 1. The predicted octanol–water partition coefficient (Wildman–Crippen LogP) is 2.03. The Hall–Kier alpha value is -1.32. The van der Waals surface area contributed by atoms with E-state index in [1.165, 1.54) is 16.5 Å². The minimum Gasteiger partial charge on any atom is -0.396 e. The van der Waals surface area contributed by atoms with E-state index < -0.39 is 0 Å². The summed E-state index contributed by atoms with van der Waals surface area (Å²) in [7, 11) is 0. The summed E-state index contributed by atoms with van der Waals surface area (Å²) in [5, 5.41) is 13.9. The van der Waals surface area contributed by atoms with Gasteiger partial charge in [0.15, 0.2) is 0 Å². The van der Waals surface area contributed by atoms with Crippen LogP contribution >= 0.6 is 0 Å². The van der Waals surface area contributed by atoms with Crippen LogP contribution in [0.2, 0.25) is 0 Å². The summed E-state index contributed by atoms with van der Waals surface area (Å²) in [6, 6.07) is 8.56. The van der Waals surface area contributed by atoms with Crippen LogP contribution in [0.4, 0.5) is 0 Å². The number of aliphatic hydroxyl groups is 1. The topological polar surface area (TPSA) is 48.0 Å². The Labute approximate surface area is 101 Å². The van der Waals surface area contributed by atoms with E-state index in [-0.39, 0.29) is 5.41 Å². The van der Waals surface area contributed by atoms with Gasteiger partial charge in [-0.2, -0.15) is 0 Å². The monoisotopic (exact) mass is 230 g/mol. The summed E-state index contributed by atoms with van der Waals surface area (Å²) in [6.45, 7) is 2.11. The Balaban J connectivity index is 1.60. The molecule has 0 amide bonds. The van der Waals surface area contributed by atoms with Crippen molar-refractivity contribution in [2.24, 2.45) is 5.41 Å². The molecule has 3 rings (SSSR count). The Morgan fingerprint density at radius 1 is 1.29 bits per heavy atom. The number of aromatic amines is 1. The number of aromatic nitrogens is 1. The smallest absolute Gasteiger partial charge is 0.0499 e. The Bertz CT molecular complexity index is 514. The van der Waals surface area contributed by atoms with Gasteiger partial charge in [0.2, 0.25) is 0 Å². The van der Waals surface area contributed by atoms with Gasteiger partial charge in [0, 0.05) is 36.8 Å². The highest BCUT2D eigenvalue weighted by Crippen LogP contribution is 2.44. The number of aliphatic hydroxyl groups excluding tert-OH is 1. The predicted molar refractivity (Wildman–Crippen MR) is 68.8 cm³/mol. The van der Waals surface area contributed by atoms with Crippen LogP contribution in [-0.2, 0) is 6.54 Å². The van der Waals surface area contributed by atoms with Gasteiger partial charge in [0.25, 0.3) is 0 Å². The van der Waals surface area contributed by atoms with E-state index >= 15 is 0 Å². The molecule has 0 bridgehead atoms. The van der Waals surface area contributed by atoms with Gasteiger partial charge in [-0.05, 0) is 35.9 Å². The average molecular weight is 230 g/mol. The molecule has 1 aromatic heterocycles. The first-order valence-electron chi connectivity index (χ1n) is 6.19. The Morgan fingerprint density at radius 3 is 2.94 bits per heavy atom. The number of H-pyrrole nitrogens is 1. The average Bonchev–Trinajstić information content (AvgIpc) is 2.98. The first-order valence-corrected chi connectivity index (χ1v) is 6.19. The third kappa shape index (κ3) is 2.21. The third-order valence-corrected chi connectivity index (χ3v) is 3.74. The van der Waals surface area contributed by atoms with Gasteiger partial charge < -0.3 is 15.4 Å². The Kier molecular flexibility index (Phi) is 2.65. The van der Waals surface area contributed by atoms with Crippen LogP contribution < -0.4 is 5.32 Å². The maximum Gasteiger partial charge on any atom is 0.0499 e. The van der Waals surface area contributed by atoms with E-state index in [2.05, 4.69) is 34.6 Å². The van der Waals surface area contributed by atoms with Crippen LogP contribution in [0.1, 0.15) is 18.4 Å². The molecule has 3 nitrogen and oxygen atoms in total. The van der Waals surface area contributed by atoms with Gasteiger partial charge in [0.1, 0.15) is 0 Å². The zero-order chi connectivity index (χ0) is 11.7. The summed E-state index contributed by atoms with van der Waals surface area (Å²) in [6.07, 6.45) is 4.28. The quantitative estimate of drug-likeness (QED) is 0.736. The van der Waals surface area contributed by atoms with Crippen molar-refractivity contribution >= 4 is 10.9 Å². The third-order valence-electron chi connectivity index (χ3n) is 3.74. The molecule has 90 valence electrons. The van der Waals surface area contributed by atoms with Crippen LogP contribution in [0.25, 0.3) is 10.9 Å². The fourth-order valence-electron chi connectivity index (χ4n) is 2.24. The molecule has 1 fully saturated rings. The second-order valence-corrected chi connectivity index (χ2v) is 5.16. The molecule has 0 radical (unpaired) electrons. The summed E-state index contributed by atoms with van der Waals surface area (Å²) in [4.78, 5) is 3.22. The van der Waals surface area contributed by atoms with E-state index in [9.17, 15) is 5.11 Å². The van der Waals surface area contributed by atoms with Crippen molar-refractivity contribution in [1.82, 2.24) is 10.3 Å². The first-order chi connectivity index (χ1) is 8.31. The van der Waals surface area contributed by atoms with E-state index in [1.54, 1.807) is 0 Å². The fraction of sp³-hybridized carbons (Fsp3) is 0.429. The van der Waals surface area contributed by atoms with Crippen molar-refractivity contribution in [2.45, 2.75) is 19.4 Å². The van der Waals surface area contributed by atoms with Crippen molar-refractivity contribution in [3.63, 3.8) is 0 Å². The van der Waals surface area contributed by atoms with Crippen LogP contribution in [0.3, 0.4) is 0 Å². The number of hydrogen-bond donors (Lipinski definition) is 3.